The number of hydrogen-bond donors (Lipinski definition) is 1. The molecule has 0 fully saturated rings. The van der Waals surface area contributed by atoms with Gasteiger partial charge in [0.25, 0.3) is 0 Å². The minimum absolute atomic E-state index is 0.382. The lowest BCUT2D eigenvalue weighted by Crippen LogP contribution is -2.09. The molecule has 4 aromatic carbocycles. The molecule has 0 atom stereocenters. The molecule has 0 amide bonds. The Balaban J connectivity index is 1.21. The first-order valence-electron chi connectivity index (χ1n) is 10.4. The fourth-order valence-electron chi connectivity index (χ4n) is 3.42. The van der Waals surface area contributed by atoms with Crippen molar-refractivity contribution in [3.8, 4) is 17.0 Å². The summed E-state index contributed by atoms with van der Waals surface area (Å²) in [5.41, 5.74) is 6.35. The molecule has 0 spiro atoms. The summed E-state index contributed by atoms with van der Waals surface area (Å²) >= 11 is 1.49. The third-order valence-electron chi connectivity index (χ3n) is 5.05. The van der Waals surface area contributed by atoms with E-state index in [1.807, 2.05) is 84.2 Å². The lowest BCUT2D eigenvalue weighted by Gasteiger charge is -2.07. The molecule has 6 heteroatoms. The van der Waals surface area contributed by atoms with Gasteiger partial charge < -0.3 is 4.74 Å². The molecule has 33 heavy (non-hydrogen) atoms. The van der Waals surface area contributed by atoms with Crippen LogP contribution in [0.4, 0.5) is 5.13 Å². The van der Waals surface area contributed by atoms with Crippen molar-refractivity contribution in [1.82, 2.24) is 4.98 Å². The molecule has 1 aromatic heterocycles. The van der Waals surface area contributed by atoms with Crippen LogP contribution >= 0.6 is 11.3 Å². The number of thiazole rings is 1. The van der Waals surface area contributed by atoms with Crippen molar-refractivity contribution in [3.05, 3.63) is 114 Å². The highest BCUT2D eigenvalue weighted by molar-refractivity contribution is 7.14. The number of esters is 1. The molecule has 160 valence electrons. The van der Waals surface area contributed by atoms with Crippen molar-refractivity contribution in [2.45, 2.75) is 0 Å². The molecule has 0 bridgehead atoms. The summed E-state index contributed by atoms with van der Waals surface area (Å²) in [6, 6.07) is 30.6. The maximum absolute atomic E-state index is 12.7. The van der Waals surface area contributed by atoms with Gasteiger partial charge in [0.15, 0.2) is 0 Å². The van der Waals surface area contributed by atoms with E-state index >= 15 is 0 Å². The number of benzene rings is 4. The fourth-order valence-corrected chi connectivity index (χ4v) is 4.08. The molecule has 5 rings (SSSR count). The van der Waals surface area contributed by atoms with Crippen molar-refractivity contribution in [2.75, 3.05) is 5.43 Å². The summed E-state index contributed by atoms with van der Waals surface area (Å²) in [5, 5.41) is 8.84. The smallest absolute Gasteiger partial charge is 0.344 e. The first kappa shape index (κ1) is 20.6. The van der Waals surface area contributed by atoms with Crippen molar-refractivity contribution in [1.29, 1.82) is 0 Å². The van der Waals surface area contributed by atoms with E-state index in [-0.39, 0.29) is 5.97 Å². The number of hydrazone groups is 1. The number of hydrogen-bond acceptors (Lipinski definition) is 6. The maximum atomic E-state index is 12.7. The number of carbonyl (C=O) groups is 1. The van der Waals surface area contributed by atoms with Crippen LogP contribution in [0.15, 0.2) is 108 Å². The Morgan fingerprint density at radius 1 is 0.879 bits per heavy atom. The molecule has 0 aliphatic heterocycles. The van der Waals surface area contributed by atoms with Gasteiger partial charge in [-0.2, -0.15) is 5.10 Å². The van der Waals surface area contributed by atoms with E-state index < -0.39 is 0 Å². The lowest BCUT2D eigenvalue weighted by molar-refractivity contribution is 0.0737. The zero-order valence-corrected chi connectivity index (χ0v) is 18.3. The number of carbonyl (C=O) groups excluding carboxylic acids is 1. The minimum Gasteiger partial charge on any atom is -0.423 e. The van der Waals surface area contributed by atoms with Crippen LogP contribution in [0.3, 0.4) is 0 Å². The van der Waals surface area contributed by atoms with Crippen LogP contribution in [-0.4, -0.2) is 17.2 Å². The van der Waals surface area contributed by atoms with E-state index in [1.54, 1.807) is 24.4 Å². The SMILES string of the molecule is O=C(Oc1ccc(C=NNc2nc(-c3ccccc3)cs2)cc1)c1cccc2ccccc12. The number of nitrogens with zero attached hydrogens (tertiary/aromatic N) is 2. The number of aromatic nitrogens is 1. The van der Waals surface area contributed by atoms with Crippen LogP contribution in [0.5, 0.6) is 5.75 Å². The van der Waals surface area contributed by atoms with Gasteiger partial charge in [-0.15, -0.1) is 11.3 Å². The summed E-state index contributed by atoms with van der Waals surface area (Å²) in [6.45, 7) is 0. The number of nitrogens with one attached hydrogen (secondary N) is 1. The van der Waals surface area contributed by atoms with Gasteiger partial charge in [0, 0.05) is 10.9 Å². The Morgan fingerprint density at radius 2 is 1.64 bits per heavy atom. The van der Waals surface area contributed by atoms with Gasteiger partial charge in [-0.05, 0) is 46.7 Å². The van der Waals surface area contributed by atoms with E-state index in [0.29, 0.717) is 16.4 Å². The third-order valence-corrected chi connectivity index (χ3v) is 5.79. The van der Waals surface area contributed by atoms with E-state index in [4.69, 9.17) is 4.74 Å². The number of anilines is 1. The van der Waals surface area contributed by atoms with Crippen LogP contribution < -0.4 is 10.2 Å². The molecule has 0 aliphatic rings. The van der Waals surface area contributed by atoms with Gasteiger partial charge >= 0.3 is 5.97 Å². The molecular weight excluding hydrogens is 430 g/mol. The molecule has 0 radical (unpaired) electrons. The minimum atomic E-state index is -0.382. The van der Waals surface area contributed by atoms with E-state index in [2.05, 4.69) is 15.5 Å². The molecule has 0 unspecified atom stereocenters. The summed E-state index contributed by atoms with van der Waals surface area (Å²) in [6.07, 6.45) is 1.69. The Labute approximate surface area is 195 Å². The average Bonchev–Trinajstić information content (AvgIpc) is 3.34. The molecule has 1 N–H and O–H groups in total. The lowest BCUT2D eigenvalue weighted by atomic mass is 10.0. The predicted molar refractivity (Wildman–Crippen MR) is 134 cm³/mol. The van der Waals surface area contributed by atoms with E-state index in [1.165, 1.54) is 11.3 Å². The monoisotopic (exact) mass is 449 g/mol. The van der Waals surface area contributed by atoms with Crippen molar-refractivity contribution < 1.29 is 9.53 Å². The van der Waals surface area contributed by atoms with Crippen LogP contribution in [0.1, 0.15) is 15.9 Å². The van der Waals surface area contributed by atoms with Crippen LogP contribution in [0, 0.1) is 0 Å². The maximum Gasteiger partial charge on any atom is 0.344 e. The standard InChI is InChI=1S/C27H19N3O2S/c31-26(24-12-6-10-20-7-4-5-11-23(20)24)32-22-15-13-19(14-16-22)17-28-30-27-29-25(18-33-27)21-8-2-1-3-9-21/h1-18H,(H,29,30). The second-order valence-corrected chi connectivity index (χ2v) is 8.12. The molecule has 0 aliphatic carbocycles. The summed E-state index contributed by atoms with van der Waals surface area (Å²) < 4.78 is 5.57. The zero-order valence-electron chi connectivity index (χ0n) is 17.5. The Bertz CT molecular complexity index is 1420. The highest BCUT2D eigenvalue weighted by atomic mass is 32.1. The Kier molecular flexibility index (Phi) is 5.91. The predicted octanol–water partition coefficient (Wildman–Crippen LogP) is 6.63. The summed E-state index contributed by atoms with van der Waals surface area (Å²) in [5.74, 6) is 0.0957. The van der Waals surface area contributed by atoms with Gasteiger partial charge in [0.2, 0.25) is 5.13 Å². The topological polar surface area (TPSA) is 63.6 Å². The first-order valence-corrected chi connectivity index (χ1v) is 11.2. The summed E-state index contributed by atoms with van der Waals surface area (Å²) in [4.78, 5) is 17.2. The van der Waals surface area contributed by atoms with E-state index in [0.717, 1.165) is 27.6 Å². The number of ether oxygens (including phenoxy) is 1. The molecule has 5 nitrogen and oxygen atoms in total. The third kappa shape index (κ3) is 4.81. The Hall–Kier alpha value is -4.29. The Morgan fingerprint density at radius 3 is 2.48 bits per heavy atom. The van der Waals surface area contributed by atoms with Gasteiger partial charge in [-0.25, -0.2) is 9.78 Å². The second-order valence-electron chi connectivity index (χ2n) is 7.26. The van der Waals surface area contributed by atoms with Crippen LogP contribution in [0.2, 0.25) is 0 Å². The molecule has 1 heterocycles. The highest BCUT2D eigenvalue weighted by Crippen LogP contribution is 2.24. The quantitative estimate of drug-likeness (QED) is 0.137. The molecular formula is C27H19N3O2S. The van der Waals surface area contributed by atoms with Crippen LogP contribution in [0.25, 0.3) is 22.0 Å². The summed E-state index contributed by atoms with van der Waals surface area (Å²) in [7, 11) is 0. The normalized spacial score (nSPS) is 11.0. The van der Waals surface area contributed by atoms with Crippen molar-refractivity contribution in [3.63, 3.8) is 0 Å². The van der Waals surface area contributed by atoms with Crippen molar-refractivity contribution in [2.24, 2.45) is 5.10 Å². The zero-order chi connectivity index (χ0) is 22.5. The van der Waals surface area contributed by atoms with Crippen molar-refractivity contribution >= 4 is 39.4 Å². The second kappa shape index (κ2) is 9.46. The van der Waals surface area contributed by atoms with Gasteiger partial charge in [0.05, 0.1) is 17.5 Å². The van der Waals surface area contributed by atoms with Gasteiger partial charge in [-0.1, -0.05) is 66.7 Å². The molecule has 5 aromatic rings. The fraction of sp³-hybridized carbons (Fsp3) is 0. The van der Waals surface area contributed by atoms with Crippen LogP contribution in [-0.2, 0) is 0 Å². The van der Waals surface area contributed by atoms with Gasteiger partial charge in [-0.3, -0.25) is 5.43 Å². The van der Waals surface area contributed by atoms with E-state index in [9.17, 15) is 4.79 Å². The van der Waals surface area contributed by atoms with Gasteiger partial charge in [0.1, 0.15) is 5.75 Å². The first-order chi connectivity index (χ1) is 16.3. The average molecular weight is 450 g/mol. The largest absolute Gasteiger partial charge is 0.423 e. The number of fused-ring (bicyclic) bond motifs is 1. The molecule has 0 saturated heterocycles. The highest BCUT2D eigenvalue weighted by Gasteiger charge is 2.12. The molecule has 0 saturated carbocycles. The number of rotatable bonds is 6.